The van der Waals surface area contributed by atoms with Crippen molar-refractivity contribution in [2.45, 2.75) is 38.8 Å². The number of benzene rings is 2. The largest absolute Gasteiger partial charge is 0.487 e. The molecular formula is C19H20INO2. The van der Waals surface area contributed by atoms with E-state index < -0.39 is 0 Å². The van der Waals surface area contributed by atoms with Crippen LogP contribution >= 0.6 is 22.6 Å². The second kappa shape index (κ2) is 6.15. The highest BCUT2D eigenvalue weighted by atomic mass is 127. The highest BCUT2D eigenvalue weighted by Crippen LogP contribution is 2.40. The Balaban J connectivity index is 1.91. The van der Waals surface area contributed by atoms with Crippen molar-refractivity contribution in [1.29, 1.82) is 0 Å². The van der Waals surface area contributed by atoms with Crippen molar-refractivity contribution in [2.24, 2.45) is 0 Å². The van der Waals surface area contributed by atoms with Crippen molar-refractivity contribution in [3.05, 3.63) is 62.7 Å². The lowest BCUT2D eigenvalue weighted by Crippen LogP contribution is -2.41. The number of fused-ring (bicyclic) bond motifs is 1. The maximum Gasteiger partial charge on any atom is 0.252 e. The van der Waals surface area contributed by atoms with E-state index in [-0.39, 0.29) is 17.6 Å². The minimum Gasteiger partial charge on any atom is -0.487 e. The fraction of sp³-hybridized carbons (Fsp3) is 0.316. The molecule has 1 amide bonds. The third-order valence-corrected chi connectivity index (χ3v) is 4.99. The van der Waals surface area contributed by atoms with Gasteiger partial charge < -0.3 is 10.1 Å². The molecule has 1 aliphatic rings. The van der Waals surface area contributed by atoms with Gasteiger partial charge in [-0.05, 0) is 67.1 Å². The van der Waals surface area contributed by atoms with Gasteiger partial charge in [-0.15, -0.1) is 0 Å². The van der Waals surface area contributed by atoms with Crippen molar-refractivity contribution in [1.82, 2.24) is 5.32 Å². The molecule has 0 bridgehead atoms. The third kappa shape index (κ3) is 3.52. The summed E-state index contributed by atoms with van der Waals surface area (Å²) in [5.74, 6) is 0.832. The smallest absolute Gasteiger partial charge is 0.252 e. The fourth-order valence-electron chi connectivity index (χ4n) is 2.97. The Bertz CT molecular complexity index is 755. The van der Waals surface area contributed by atoms with Gasteiger partial charge in [0, 0.05) is 15.6 Å². The molecule has 0 saturated carbocycles. The average Bonchev–Trinajstić information content (AvgIpc) is 2.45. The molecule has 2 aromatic rings. The van der Waals surface area contributed by atoms with E-state index in [1.165, 1.54) is 0 Å². The zero-order valence-electron chi connectivity index (χ0n) is 13.5. The first kappa shape index (κ1) is 16.3. The molecule has 1 aliphatic heterocycles. The van der Waals surface area contributed by atoms with Crippen LogP contribution in [0.5, 0.6) is 5.75 Å². The highest BCUT2D eigenvalue weighted by molar-refractivity contribution is 14.1. The third-order valence-electron chi connectivity index (χ3n) is 4.05. The van der Waals surface area contributed by atoms with E-state index in [9.17, 15) is 4.79 Å². The molecule has 0 spiro atoms. The van der Waals surface area contributed by atoms with Crippen LogP contribution in [0.25, 0.3) is 0 Å². The predicted molar refractivity (Wildman–Crippen MR) is 99.9 cm³/mol. The van der Waals surface area contributed by atoms with Gasteiger partial charge >= 0.3 is 0 Å². The van der Waals surface area contributed by atoms with E-state index in [0.717, 1.165) is 26.9 Å². The first-order valence-corrected chi connectivity index (χ1v) is 8.78. The van der Waals surface area contributed by atoms with E-state index in [2.05, 4.69) is 53.9 Å². The van der Waals surface area contributed by atoms with Gasteiger partial charge in [0.05, 0.1) is 11.6 Å². The van der Waals surface area contributed by atoms with E-state index in [4.69, 9.17) is 4.74 Å². The molecule has 1 atom stereocenters. The molecule has 4 heteroatoms. The molecule has 3 rings (SSSR count). The highest BCUT2D eigenvalue weighted by Gasteiger charge is 2.34. The molecule has 0 aliphatic carbocycles. The minimum absolute atomic E-state index is 0.0378. The van der Waals surface area contributed by atoms with Crippen LogP contribution < -0.4 is 10.1 Å². The lowest BCUT2D eigenvalue weighted by Gasteiger charge is -2.38. The molecule has 23 heavy (non-hydrogen) atoms. The maximum absolute atomic E-state index is 12.7. The van der Waals surface area contributed by atoms with Crippen LogP contribution in [0.2, 0.25) is 0 Å². The van der Waals surface area contributed by atoms with Gasteiger partial charge in [0.25, 0.3) is 5.91 Å². The number of hydrogen-bond acceptors (Lipinski definition) is 2. The summed E-state index contributed by atoms with van der Waals surface area (Å²) in [5, 5.41) is 3.18. The number of ether oxygens (including phenoxy) is 1. The second-order valence-corrected chi connectivity index (χ2v) is 7.78. The van der Waals surface area contributed by atoms with Gasteiger partial charge in [-0.1, -0.05) is 24.3 Å². The molecule has 0 saturated heterocycles. The zero-order valence-corrected chi connectivity index (χ0v) is 15.7. The van der Waals surface area contributed by atoms with Gasteiger partial charge in [-0.25, -0.2) is 0 Å². The first-order valence-electron chi connectivity index (χ1n) is 7.71. The zero-order chi connectivity index (χ0) is 16.6. The molecule has 120 valence electrons. The molecule has 3 nitrogen and oxygen atoms in total. The van der Waals surface area contributed by atoms with Crippen LogP contribution in [-0.4, -0.2) is 11.5 Å². The number of hydrogen-bond donors (Lipinski definition) is 1. The first-order chi connectivity index (χ1) is 10.9. The number of carbonyl (C=O) groups excluding carboxylic acids is 1. The quantitative estimate of drug-likeness (QED) is 0.719. The van der Waals surface area contributed by atoms with Crippen molar-refractivity contribution in [3.63, 3.8) is 0 Å². The van der Waals surface area contributed by atoms with E-state index in [0.29, 0.717) is 5.56 Å². The molecule has 1 heterocycles. The van der Waals surface area contributed by atoms with Gasteiger partial charge in [0.15, 0.2) is 0 Å². The topological polar surface area (TPSA) is 38.3 Å². The van der Waals surface area contributed by atoms with Gasteiger partial charge in [0.1, 0.15) is 11.4 Å². The summed E-state index contributed by atoms with van der Waals surface area (Å²) in [7, 11) is 0. The molecule has 0 aromatic heterocycles. The standard InChI is InChI=1S/C19H20INO2/c1-12-8-9-14-16(11-19(2,3)23-17(14)10-12)21-18(22)13-6-4-5-7-15(13)20/h4-10,16H,11H2,1-3H3,(H,21,22)/t16-/m0/s1. The molecule has 0 unspecified atom stereocenters. The second-order valence-electron chi connectivity index (χ2n) is 6.61. The molecule has 1 N–H and O–H groups in total. The van der Waals surface area contributed by atoms with Gasteiger partial charge in [0.2, 0.25) is 0 Å². The summed E-state index contributed by atoms with van der Waals surface area (Å²) >= 11 is 2.20. The maximum atomic E-state index is 12.7. The van der Waals surface area contributed by atoms with Crippen LogP contribution in [0.1, 0.15) is 47.8 Å². The molecule has 0 radical (unpaired) electrons. The van der Waals surface area contributed by atoms with Crippen LogP contribution in [0.4, 0.5) is 0 Å². The number of amides is 1. The summed E-state index contributed by atoms with van der Waals surface area (Å²) in [5.41, 5.74) is 2.62. The monoisotopic (exact) mass is 421 g/mol. The summed E-state index contributed by atoms with van der Waals surface area (Å²) in [6.45, 7) is 6.17. The average molecular weight is 421 g/mol. The Labute approximate surface area is 150 Å². The number of nitrogens with one attached hydrogen (secondary N) is 1. The van der Waals surface area contributed by atoms with Crippen molar-refractivity contribution in [3.8, 4) is 5.75 Å². The Morgan fingerprint density at radius 1 is 1.26 bits per heavy atom. The number of carbonyl (C=O) groups is 1. The van der Waals surface area contributed by atoms with Gasteiger partial charge in [-0.2, -0.15) is 0 Å². The van der Waals surface area contributed by atoms with E-state index in [1.54, 1.807) is 0 Å². The predicted octanol–water partition coefficient (Wildman–Crippen LogP) is 4.63. The van der Waals surface area contributed by atoms with Crippen molar-refractivity contribution >= 4 is 28.5 Å². The van der Waals surface area contributed by atoms with Gasteiger partial charge in [-0.3, -0.25) is 4.79 Å². The number of rotatable bonds is 2. The Morgan fingerprint density at radius 2 is 2.00 bits per heavy atom. The van der Waals surface area contributed by atoms with E-state index >= 15 is 0 Å². The lowest BCUT2D eigenvalue weighted by atomic mass is 9.89. The Kier molecular flexibility index (Phi) is 4.36. The summed E-state index contributed by atoms with van der Waals surface area (Å²) in [6.07, 6.45) is 0.748. The van der Waals surface area contributed by atoms with Crippen LogP contribution in [0, 0.1) is 10.5 Å². The molecular weight excluding hydrogens is 401 g/mol. The number of aryl methyl sites for hydroxylation is 1. The van der Waals surface area contributed by atoms with Crippen LogP contribution in [0.15, 0.2) is 42.5 Å². The van der Waals surface area contributed by atoms with Crippen LogP contribution in [-0.2, 0) is 0 Å². The summed E-state index contributed by atoms with van der Waals surface area (Å²) in [4.78, 5) is 12.7. The fourth-order valence-corrected chi connectivity index (χ4v) is 3.60. The summed E-state index contributed by atoms with van der Waals surface area (Å²) in [6, 6.07) is 13.8. The van der Waals surface area contributed by atoms with Crippen molar-refractivity contribution in [2.75, 3.05) is 0 Å². The minimum atomic E-state index is -0.303. The number of halogens is 1. The SMILES string of the molecule is Cc1ccc2c(c1)OC(C)(C)C[C@@H]2NC(=O)c1ccccc1I. The van der Waals surface area contributed by atoms with Crippen molar-refractivity contribution < 1.29 is 9.53 Å². The molecule has 2 aromatic carbocycles. The van der Waals surface area contributed by atoms with Crippen LogP contribution in [0.3, 0.4) is 0 Å². The summed E-state index contributed by atoms with van der Waals surface area (Å²) < 4.78 is 7.05. The normalized spacial score (nSPS) is 18.7. The Hall–Kier alpha value is -1.56. The Morgan fingerprint density at radius 3 is 2.74 bits per heavy atom. The van der Waals surface area contributed by atoms with E-state index in [1.807, 2.05) is 37.3 Å². The molecule has 0 fully saturated rings. The lowest BCUT2D eigenvalue weighted by molar-refractivity contribution is 0.0619.